The number of phosphoric acid groups is 1. The Morgan fingerprint density at radius 3 is 1.78 bits per heavy atom. The third-order valence-corrected chi connectivity index (χ3v) is 4.67. The molecule has 0 saturated carbocycles. The second kappa shape index (κ2) is 9.02. The third kappa shape index (κ3) is 5.62. The van der Waals surface area contributed by atoms with E-state index in [1.807, 2.05) is 0 Å². The standard InChI is InChI=1S/C12H23O14P/c13-5-3(25-11(19)9(17)7(5)15)1-23-12-10(18)8(16)6(14)4(26-12)2-24-27(20,21)22/h3-19H,1-2H2,(H2,20,21,22)/t3-,4-,5-,6+,7+,8+,9-,10-,11?,12+/m1/s1. The van der Waals surface area contributed by atoms with Crippen LogP contribution in [0.4, 0.5) is 0 Å². The Hall–Kier alpha value is -0.290. The van der Waals surface area contributed by atoms with Crippen LogP contribution in [0.2, 0.25) is 0 Å². The molecule has 2 aliphatic rings. The van der Waals surface area contributed by atoms with Crippen LogP contribution in [0.15, 0.2) is 0 Å². The van der Waals surface area contributed by atoms with Gasteiger partial charge in [0.25, 0.3) is 0 Å². The minimum Gasteiger partial charge on any atom is -0.387 e. The maximum absolute atomic E-state index is 10.7. The molecule has 0 aromatic heterocycles. The summed E-state index contributed by atoms with van der Waals surface area (Å²) < 4.78 is 30.1. The summed E-state index contributed by atoms with van der Waals surface area (Å²) in [5.74, 6) is 0. The van der Waals surface area contributed by atoms with E-state index in [2.05, 4.69) is 4.52 Å². The smallest absolute Gasteiger partial charge is 0.387 e. The minimum absolute atomic E-state index is 0.585. The molecule has 0 radical (unpaired) electrons. The van der Waals surface area contributed by atoms with Crippen LogP contribution in [-0.4, -0.2) is 120 Å². The van der Waals surface area contributed by atoms with Crippen LogP contribution in [0.3, 0.4) is 0 Å². The molecule has 2 rings (SSSR count). The molecule has 0 aromatic carbocycles. The molecular formula is C12H23O14P. The van der Waals surface area contributed by atoms with Crippen molar-refractivity contribution in [3.8, 4) is 0 Å². The highest BCUT2D eigenvalue weighted by Gasteiger charge is 2.47. The Labute approximate surface area is 152 Å². The van der Waals surface area contributed by atoms with Gasteiger partial charge in [0.05, 0.1) is 13.2 Å². The molecule has 15 heteroatoms. The number of ether oxygens (including phenoxy) is 3. The van der Waals surface area contributed by atoms with Gasteiger partial charge >= 0.3 is 7.82 Å². The summed E-state index contributed by atoms with van der Waals surface area (Å²) in [6.07, 6.45) is -16.8. The van der Waals surface area contributed by atoms with Crippen molar-refractivity contribution in [3.63, 3.8) is 0 Å². The number of phosphoric ester groups is 1. The Bertz CT molecular complexity index is 528. The lowest BCUT2D eigenvalue weighted by atomic mass is 9.98. The van der Waals surface area contributed by atoms with Crippen LogP contribution in [-0.2, 0) is 23.3 Å². The first-order valence-corrected chi connectivity index (χ1v) is 9.34. The lowest BCUT2D eigenvalue weighted by Crippen LogP contribution is -2.61. The number of rotatable bonds is 6. The van der Waals surface area contributed by atoms with Crippen LogP contribution < -0.4 is 0 Å². The van der Waals surface area contributed by atoms with Crippen molar-refractivity contribution >= 4 is 7.82 Å². The van der Waals surface area contributed by atoms with E-state index in [-0.39, 0.29) is 0 Å². The van der Waals surface area contributed by atoms with Gasteiger partial charge in [-0.3, -0.25) is 4.52 Å². The van der Waals surface area contributed by atoms with E-state index in [1.165, 1.54) is 0 Å². The SMILES string of the molecule is O=P(O)(O)OC[C@H]1O[C@H](OC[C@H]2OC(O)[C@H](O)[C@@H](O)[C@@H]2O)[C@H](O)[C@@H](O)[C@H]1O. The number of hydrogen-bond donors (Lipinski definition) is 9. The fourth-order valence-corrected chi connectivity index (χ4v) is 2.96. The van der Waals surface area contributed by atoms with Gasteiger partial charge in [-0.05, 0) is 0 Å². The first-order chi connectivity index (χ1) is 12.4. The van der Waals surface area contributed by atoms with Gasteiger partial charge in [-0.25, -0.2) is 4.57 Å². The van der Waals surface area contributed by atoms with E-state index in [0.717, 1.165) is 0 Å². The van der Waals surface area contributed by atoms with Crippen LogP contribution >= 0.6 is 7.82 Å². The van der Waals surface area contributed by atoms with Crippen molar-refractivity contribution in [2.75, 3.05) is 13.2 Å². The zero-order valence-electron chi connectivity index (χ0n) is 13.7. The maximum atomic E-state index is 10.7. The molecule has 2 fully saturated rings. The highest BCUT2D eigenvalue weighted by atomic mass is 31.2. The number of hydrogen-bond acceptors (Lipinski definition) is 12. The normalized spacial score (nSPS) is 46.4. The Kier molecular flexibility index (Phi) is 7.68. The van der Waals surface area contributed by atoms with Crippen LogP contribution in [0.25, 0.3) is 0 Å². The fourth-order valence-electron chi connectivity index (χ4n) is 2.62. The molecule has 1 unspecified atom stereocenters. The van der Waals surface area contributed by atoms with Gasteiger partial charge in [-0.1, -0.05) is 0 Å². The average Bonchev–Trinajstić information content (AvgIpc) is 2.59. The van der Waals surface area contributed by atoms with E-state index in [1.54, 1.807) is 0 Å². The summed E-state index contributed by atoms with van der Waals surface area (Å²) in [4.78, 5) is 17.4. The van der Waals surface area contributed by atoms with Gasteiger partial charge in [-0.2, -0.15) is 0 Å². The molecule has 160 valence electrons. The van der Waals surface area contributed by atoms with Gasteiger partial charge in [0.1, 0.15) is 48.8 Å². The van der Waals surface area contributed by atoms with Gasteiger partial charge < -0.3 is 59.7 Å². The Morgan fingerprint density at radius 2 is 1.22 bits per heavy atom. The van der Waals surface area contributed by atoms with E-state index in [9.17, 15) is 40.3 Å². The van der Waals surface area contributed by atoms with Crippen molar-refractivity contribution in [1.29, 1.82) is 0 Å². The monoisotopic (exact) mass is 422 g/mol. The lowest BCUT2D eigenvalue weighted by molar-refractivity contribution is -0.325. The Balaban J connectivity index is 1.96. The quantitative estimate of drug-likeness (QED) is 0.182. The summed E-state index contributed by atoms with van der Waals surface area (Å²) in [6, 6.07) is 0. The molecule has 0 aliphatic carbocycles. The van der Waals surface area contributed by atoms with Crippen LogP contribution in [0, 0.1) is 0 Å². The third-order valence-electron chi connectivity index (χ3n) is 4.19. The summed E-state index contributed by atoms with van der Waals surface area (Å²) in [5, 5.41) is 67.8. The molecule has 0 bridgehead atoms. The maximum Gasteiger partial charge on any atom is 0.469 e. The van der Waals surface area contributed by atoms with Crippen molar-refractivity contribution in [2.45, 2.75) is 61.4 Å². The Morgan fingerprint density at radius 1 is 0.704 bits per heavy atom. The molecule has 0 amide bonds. The first kappa shape index (κ1) is 23.0. The van der Waals surface area contributed by atoms with Gasteiger partial charge in [0, 0.05) is 0 Å². The minimum atomic E-state index is -4.89. The predicted octanol–water partition coefficient (Wildman–Crippen LogP) is -5.28. The first-order valence-electron chi connectivity index (χ1n) is 7.81. The van der Waals surface area contributed by atoms with Gasteiger partial charge in [-0.15, -0.1) is 0 Å². The molecule has 2 aliphatic heterocycles. The molecule has 0 aromatic rings. The molecule has 9 N–H and O–H groups in total. The van der Waals surface area contributed by atoms with E-state index in [0.29, 0.717) is 0 Å². The highest BCUT2D eigenvalue weighted by Crippen LogP contribution is 2.37. The van der Waals surface area contributed by atoms with E-state index in [4.69, 9.17) is 24.0 Å². The number of aliphatic hydroxyl groups is 7. The second-order valence-corrected chi connectivity index (χ2v) is 7.41. The van der Waals surface area contributed by atoms with Crippen LogP contribution in [0.1, 0.15) is 0 Å². The van der Waals surface area contributed by atoms with Gasteiger partial charge in [0.2, 0.25) is 0 Å². The van der Waals surface area contributed by atoms with Crippen molar-refractivity contribution in [2.24, 2.45) is 0 Å². The molecule has 2 saturated heterocycles. The van der Waals surface area contributed by atoms with Crippen LogP contribution in [0.5, 0.6) is 0 Å². The lowest BCUT2D eigenvalue weighted by Gasteiger charge is -2.42. The van der Waals surface area contributed by atoms with Crippen molar-refractivity contribution < 1.29 is 68.8 Å². The molecule has 14 nitrogen and oxygen atoms in total. The van der Waals surface area contributed by atoms with Crippen molar-refractivity contribution in [1.82, 2.24) is 0 Å². The molecule has 27 heavy (non-hydrogen) atoms. The summed E-state index contributed by atoms with van der Waals surface area (Å²) in [5.41, 5.74) is 0. The van der Waals surface area contributed by atoms with Crippen molar-refractivity contribution in [3.05, 3.63) is 0 Å². The topological polar surface area (TPSA) is 236 Å². The number of aliphatic hydroxyl groups excluding tert-OH is 7. The van der Waals surface area contributed by atoms with Gasteiger partial charge in [0.15, 0.2) is 12.6 Å². The zero-order chi connectivity index (χ0) is 20.5. The summed E-state index contributed by atoms with van der Waals surface area (Å²) in [7, 11) is -4.89. The molecule has 0 spiro atoms. The fraction of sp³-hybridized carbons (Fsp3) is 1.00. The molecule has 2 heterocycles. The average molecular weight is 422 g/mol. The molecular weight excluding hydrogens is 399 g/mol. The van der Waals surface area contributed by atoms with E-state index >= 15 is 0 Å². The second-order valence-electron chi connectivity index (χ2n) is 6.17. The largest absolute Gasteiger partial charge is 0.469 e. The summed E-state index contributed by atoms with van der Waals surface area (Å²) in [6.45, 7) is -1.42. The molecule has 10 atom stereocenters. The zero-order valence-corrected chi connectivity index (χ0v) is 14.6. The highest BCUT2D eigenvalue weighted by molar-refractivity contribution is 7.46. The predicted molar refractivity (Wildman–Crippen MR) is 79.5 cm³/mol. The van der Waals surface area contributed by atoms with E-state index < -0.39 is 82.4 Å². The summed E-state index contributed by atoms with van der Waals surface area (Å²) >= 11 is 0.